The Hall–Kier alpha value is -3.70. The highest BCUT2D eigenvalue weighted by Crippen LogP contribution is 2.30. The molecular weight excluding hydrogens is 470 g/mol. The first-order valence-corrected chi connectivity index (χ1v) is 12.1. The van der Waals surface area contributed by atoms with Gasteiger partial charge in [0.1, 0.15) is 11.4 Å². The van der Waals surface area contributed by atoms with Gasteiger partial charge in [0, 0.05) is 36.9 Å². The van der Waals surface area contributed by atoms with Crippen molar-refractivity contribution >= 4 is 34.8 Å². The third-order valence-corrected chi connectivity index (χ3v) is 6.61. The summed E-state index contributed by atoms with van der Waals surface area (Å²) in [5.41, 5.74) is 7.03. The molecule has 3 heterocycles. The highest BCUT2D eigenvalue weighted by Gasteiger charge is 2.28. The third-order valence-electron chi connectivity index (χ3n) is 5.64. The molecule has 11 heteroatoms. The van der Waals surface area contributed by atoms with Crippen LogP contribution in [-0.2, 0) is 16.1 Å². The lowest BCUT2D eigenvalue weighted by molar-refractivity contribution is 0.0310. The Morgan fingerprint density at radius 1 is 1.29 bits per heavy atom. The number of hydrogen-bond donors (Lipinski definition) is 2. The molecule has 3 N–H and O–H groups in total. The highest BCUT2D eigenvalue weighted by atomic mass is 32.1. The van der Waals surface area contributed by atoms with Crippen molar-refractivity contribution in [3.05, 3.63) is 64.0 Å². The summed E-state index contributed by atoms with van der Waals surface area (Å²) in [7, 11) is 1.82. The molecule has 1 atom stereocenters. The number of thiophene rings is 1. The summed E-state index contributed by atoms with van der Waals surface area (Å²) in [6.07, 6.45) is 1.72. The van der Waals surface area contributed by atoms with Crippen LogP contribution < -0.4 is 15.5 Å². The predicted molar refractivity (Wildman–Crippen MR) is 132 cm³/mol. The number of rotatable bonds is 9. The minimum atomic E-state index is -0.782. The molecule has 4 rings (SSSR count). The van der Waals surface area contributed by atoms with Crippen molar-refractivity contribution in [1.29, 1.82) is 0 Å². The van der Waals surface area contributed by atoms with E-state index in [9.17, 15) is 14.7 Å². The zero-order chi connectivity index (χ0) is 24.8. The fourth-order valence-corrected chi connectivity index (χ4v) is 4.70. The van der Waals surface area contributed by atoms with Crippen molar-refractivity contribution < 1.29 is 24.2 Å². The van der Waals surface area contributed by atoms with Crippen LogP contribution in [0.15, 0.2) is 48.0 Å². The number of hydrogen-bond acceptors (Lipinski definition) is 9. The molecule has 35 heavy (non-hydrogen) atoms. The average Bonchev–Trinajstić information content (AvgIpc) is 3.34. The molecule has 2 aromatic heterocycles. The summed E-state index contributed by atoms with van der Waals surface area (Å²) < 4.78 is 11.1. The molecule has 0 fully saturated rings. The van der Waals surface area contributed by atoms with E-state index in [1.54, 1.807) is 16.2 Å². The normalized spacial score (nSPS) is 14.4. The van der Waals surface area contributed by atoms with E-state index in [4.69, 9.17) is 15.2 Å². The molecular formula is C24H27N5O5S. The van der Waals surface area contributed by atoms with Crippen molar-refractivity contribution in [1.82, 2.24) is 9.97 Å². The van der Waals surface area contributed by atoms with Gasteiger partial charge in [-0.3, -0.25) is 4.79 Å². The Labute approximate surface area is 206 Å². The molecule has 184 valence electrons. The van der Waals surface area contributed by atoms with Gasteiger partial charge >= 0.3 is 12.1 Å². The van der Waals surface area contributed by atoms with Crippen molar-refractivity contribution in [2.45, 2.75) is 25.6 Å². The number of benzene rings is 1. The number of amides is 2. The first-order valence-electron chi connectivity index (χ1n) is 11.2. The quantitative estimate of drug-likeness (QED) is 0.430. The number of nitrogens with two attached hydrogens (primary N) is 1. The van der Waals surface area contributed by atoms with Gasteiger partial charge in [0.05, 0.1) is 19.3 Å². The number of aromatic hydroxyl groups is 1. The molecule has 0 spiro atoms. The van der Waals surface area contributed by atoms with Crippen LogP contribution in [0.4, 0.5) is 16.3 Å². The standard InChI is InChI=1S/C24H27N5O5S/c1-28-9-10-29(22(30)18-14-26-24(32)27-21(18)28)17-6-2-5-16(13-17)15-34-19(20-8-4-12-35-20)7-3-11-33-23(25)31/h2,4-6,8,12-14,19H,3,7,9-11,15H2,1H3,(H2,25,31)(H,26,27,32). The summed E-state index contributed by atoms with van der Waals surface area (Å²) in [4.78, 5) is 36.5. The van der Waals surface area contributed by atoms with Gasteiger partial charge in [-0.1, -0.05) is 18.2 Å². The molecule has 1 aromatic carbocycles. The van der Waals surface area contributed by atoms with Crippen molar-refractivity contribution in [3.63, 3.8) is 0 Å². The number of carbonyl (C=O) groups excluding carboxylic acids is 2. The first-order chi connectivity index (χ1) is 16.9. The lowest BCUT2D eigenvalue weighted by Gasteiger charge is -2.22. The van der Waals surface area contributed by atoms with Crippen LogP contribution in [0, 0.1) is 0 Å². The van der Waals surface area contributed by atoms with Crippen LogP contribution in [0.2, 0.25) is 0 Å². The van der Waals surface area contributed by atoms with E-state index >= 15 is 0 Å². The van der Waals surface area contributed by atoms with Gasteiger partial charge in [-0.05, 0) is 42.0 Å². The number of fused-ring (bicyclic) bond motifs is 1. The van der Waals surface area contributed by atoms with Crippen LogP contribution in [0.1, 0.15) is 39.7 Å². The van der Waals surface area contributed by atoms with Crippen molar-refractivity contribution in [2.75, 3.05) is 36.5 Å². The maximum atomic E-state index is 13.3. The minimum absolute atomic E-state index is 0.152. The minimum Gasteiger partial charge on any atom is -0.479 e. The lowest BCUT2D eigenvalue weighted by atomic mass is 10.1. The number of nitrogens with zero attached hydrogens (tertiary/aromatic N) is 4. The predicted octanol–water partition coefficient (Wildman–Crippen LogP) is 3.47. The lowest BCUT2D eigenvalue weighted by Crippen LogP contribution is -2.33. The second-order valence-electron chi connectivity index (χ2n) is 8.08. The molecule has 0 bridgehead atoms. The van der Waals surface area contributed by atoms with Crippen LogP contribution in [0.25, 0.3) is 0 Å². The zero-order valence-electron chi connectivity index (χ0n) is 19.3. The van der Waals surface area contributed by atoms with E-state index in [2.05, 4.69) is 9.97 Å². The van der Waals surface area contributed by atoms with Gasteiger partial charge in [0.2, 0.25) is 0 Å². The number of ether oxygens (including phenoxy) is 2. The average molecular weight is 498 g/mol. The number of anilines is 2. The second-order valence-corrected chi connectivity index (χ2v) is 9.06. The molecule has 0 saturated carbocycles. The van der Waals surface area contributed by atoms with Crippen LogP contribution in [0.5, 0.6) is 6.01 Å². The SMILES string of the molecule is CN1CCN(c2cccc(COC(CCCOC(N)=O)c3cccs3)c2)C(=O)c2cnc(O)nc21. The fourth-order valence-electron chi connectivity index (χ4n) is 3.89. The molecule has 2 amide bonds. The van der Waals surface area contributed by atoms with Gasteiger partial charge in [-0.15, -0.1) is 11.3 Å². The van der Waals surface area contributed by atoms with Crippen LogP contribution in [0.3, 0.4) is 0 Å². The summed E-state index contributed by atoms with van der Waals surface area (Å²) in [6.45, 7) is 1.59. The summed E-state index contributed by atoms with van der Waals surface area (Å²) in [5, 5.41) is 11.6. The van der Waals surface area contributed by atoms with Gasteiger partial charge < -0.3 is 30.1 Å². The number of carbonyl (C=O) groups is 2. The zero-order valence-corrected chi connectivity index (χ0v) is 20.1. The Bertz CT molecular complexity index is 1170. The van der Waals surface area contributed by atoms with E-state index in [0.29, 0.717) is 43.9 Å². The Morgan fingerprint density at radius 3 is 2.91 bits per heavy atom. The fraction of sp³-hybridized carbons (Fsp3) is 0.333. The maximum Gasteiger partial charge on any atom is 0.404 e. The van der Waals surface area contributed by atoms with E-state index in [-0.39, 0.29) is 24.6 Å². The molecule has 3 aromatic rings. The highest BCUT2D eigenvalue weighted by molar-refractivity contribution is 7.10. The maximum absolute atomic E-state index is 13.3. The number of aromatic nitrogens is 2. The topological polar surface area (TPSA) is 131 Å². The molecule has 1 unspecified atom stereocenters. The molecule has 1 aliphatic heterocycles. The van der Waals surface area contributed by atoms with Gasteiger partial charge in [0.25, 0.3) is 5.91 Å². The number of likely N-dealkylation sites (N-methyl/N-ethyl adjacent to an activating group) is 1. The summed E-state index contributed by atoms with van der Waals surface area (Å²) in [5.74, 6) is 0.178. The van der Waals surface area contributed by atoms with Gasteiger partial charge in [-0.25, -0.2) is 9.78 Å². The largest absolute Gasteiger partial charge is 0.479 e. The Balaban J connectivity index is 1.47. The van der Waals surface area contributed by atoms with E-state index < -0.39 is 6.09 Å². The summed E-state index contributed by atoms with van der Waals surface area (Å²) >= 11 is 1.61. The molecule has 0 aliphatic carbocycles. The van der Waals surface area contributed by atoms with E-state index in [1.165, 1.54) is 6.20 Å². The molecule has 0 radical (unpaired) electrons. The molecule has 10 nitrogen and oxygen atoms in total. The smallest absolute Gasteiger partial charge is 0.404 e. The van der Waals surface area contributed by atoms with E-state index in [0.717, 1.165) is 16.1 Å². The second kappa shape index (κ2) is 11.2. The third kappa shape index (κ3) is 6.06. The monoisotopic (exact) mass is 497 g/mol. The van der Waals surface area contributed by atoms with E-state index in [1.807, 2.05) is 53.7 Å². The molecule has 1 aliphatic rings. The van der Waals surface area contributed by atoms with Gasteiger partial charge in [-0.2, -0.15) is 4.98 Å². The summed E-state index contributed by atoms with van der Waals surface area (Å²) in [6, 6.07) is 11.3. The first kappa shape index (κ1) is 24.4. The number of primary amides is 1. The van der Waals surface area contributed by atoms with Gasteiger partial charge in [0.15, 0.2) is 0 Å². The Kier molecular flexibility index (Phi) is 7.78. The Morgan fingerprint density at radius 2 is 2.14 bits per heavy atom. The molecule has 0 saturated heterocycles. The van der Waals surface area contributed by atoms with Crippen molar-refractivity contribution in [3.8, 4) is 6.01 Å². The van der Waals surface area contributed by atoms with Crippen LogP contribution >= 0.6 is 11.3 Å². The van der Waals surface area contributed by atoms with Crippen LogP contribution in [-0.4, -0.2) is 53.8 Å². The van der Waals surface area contributed by atoms with Crippen molar-refractivity contribution in [2.24, 2.45) is 5.73 Å².